The summed E-state index contributed by atoms with van der Waals surface area (Å²) in [6.07, 6.45) is 2.94. The Morgan fingerprint density at radius 2 is 2.12 bits per heavy atom. The summed E-state index contributed by atoms with van der Waals surface area (Å²) in [7, 11) is 0. The Bertz CT molecular complexity index is 496. The molecule has 17 heavy (non-hydrogen) atoms. The summed E-state index contributed by atoms with van der Waals surface area (Å²) in [6, 6.07) is 0.909. The predicted octanol–water partition coefficient (Wildman–Crippen LogP) is 2.61. The average molecular weight is 258 g/mol. The Hall–Kier alpha value is -1.58. The first-order valence-corrected chi connectivity index (χ1v) is 5.39. The molecule has 0 radical (unpaired) electrons. The number of aliphatic imine (C=N–C) groups is 1. The van der Waals surface area contributed by atoms with Gasteiger partial charge in [-0.15, -0.1) is 0 Å². The lowest BCUT2D eigenvalue weighted by atomic mass is 9.71. The molecule has 1 aliphatic carbocycles. The quantitative estimate of drug-likeness (QED) is 0.486. The SMILES string of the molecule is O=C=NC1(c2c(O)c(O)cc(Cl)c2F)CCC1. The third-order valence-corrected chi connectivity index (χ3v) is 3.35. The van der Waals surface area contributed by atoms with E-state index in [-0.39, 0.29) is 10.6 Å². The van der Waals surface area contributed by atoms with Gasteiger partial charge >= 0.3 is 0 Å². The van der Waals surface area contributed by atoms with Gasteiger partial charge in [-0.2, -0.15) is 4.99 Å². The van der Waals surface area contributed by atoms with Crippen LogP contribution in [0.15, 0.2) is 11.1 Å². The summed E-state index contributed by atoms with van der Waals surface area (Å²) < 4.78 is 13.9. The van der Waals surface area contributed by atoms with E-state index in [1.54, 1.807) is 0 Å². The van der Waals surface area contributed by atoms with Gasteiger partial charge in [0.05, 0.1) is 10.6 Å². The van der Waals surface area contributed by atoms with Crippen molar-refractivity contribution in [3.05, 3.63) is 22.5 Å². The highest BCUT2D eigenvalue weighted by molar-refractivity contribution is 6.31. The maximum Gasteiger partial charge on any atom is 0.235 e. The zero-order chi connectivity index (χ0) is 12.6. The Labute approximate surface area is 101 Å². The van der Waals surface area contributed by atoms with Crippen LogP contribution in [0.3, 0.4) is 0 Å². The summed E-state index contributed by atoms with van der Waals surface area (Å²) >= 11 is 5.59. The first-order valence-electron chi connectivity index (χ1n) is 5.01. The molecule has 1 fully saturated rings. The third kappa shape index (κ3) is 1.68. The van der Waals surface area contributed by atoms with Gasteiger partial charge in [-0.05, 0) is 19.3 Å². The topological polar surface area (TPSA) is 69.9 Å². The van der Waals surface area contributed by atoms with E-state index < -0.39 is 22.9 Å². The molecule has 1 aliphatic rings. The van der Waals surface area contributed by atoms with E-state index in [2.05, 4.69) is 4.99 Å². The minimum Gasteiger partial charge on any atom is -0.504 e. The normalized spacial score (nSPS) is 17.1. The van der Waals surface area contributed by atoms with Gasteiger partial charge in [-0.3, -0.25) is 0 Å². The van der Waals surface area contributed by atoms with E-state index in [0.29, 0.717) is 12.8 Å². The number of isocyanates is 1. The number of halogens is 2. The van der Waals surface area contributed by atoms with Gasteiger partial charge in [0.2, 0.25) is 6.08 Å². The molecule has 0 bridgehead atoms. The Balaban J connectivity index is 2.69. The molecule has 4 nitrogen and oxygen atoms in total. The van der Waals surface area contributed by atoms with Crippen molar-refractivity contribution in [2.24, 2.45) is 4.99 Å². The summed E-state index contributed by atoms with van der Waals surface area (Å²) in [5.74, 6) is -2.01. The summed E-state index contributed by atoms with van der Waals surface area (Å²) in [6.45, 7) is 0. The summed E-state index contributed by atoms with van der Waals surface area (Å²) in [5, 5.41) is 18.8. The molecular weight excluding hydrogens is 249 g/mol. The van der Waals surface area contributed by atoms with Crippen LogP contribution in [0.5, 0.6) is 11.5 Å². The monoisotopic (exact) mass is 257 g/mol. The van der Waals surface area contributed by atoms with Crippen molar-refractivity contribution in [2.45, 2.75) is 24.8 Å². The number of phenolic OH excluding ortho intramolecular Hbond substituents is 2. The maximum atomic E-state index is 13.9. The van der Waals surface area contributed by atoms with Crippen LogP contribution in [0.2, 0.25) is 5.02 Å². The third-order valence-electron chi connectivity index (χ3n) is 3.08. The van der Waals surface area contributed by atoms with Crippen LogP contribution in [-0.4, -0.2) is 16.3 Å². The van der Waals surface area contributed by atoms with Gasteiger partial charge in [0.25, 0.3) is 0 Å². The van der Waals surface area contributed by atoms with E-state index in [4.69, 9.17) is 11.6 Å². The van der Waals surface area contributed by atoms with E-state index in [1.165, 1.54) is 6.08 Å². The predicted molar refractivity (Wildman–Crippen MR) is 58.4 cm³/mol. The molecule has 2 rings (SSSR count). The number of hydrogen-bond acceptors (Lipinski definition) is 4. The van der Waals surface area contributed by atoms with Crippen molar-refractivity contribution < 1.29 is 19.4 Å². The minimum absolute atomic E-state index is 0.225. The fourth-order valence-electron chi connectivity index (χ4n) is 2.04. The van der Waals surface area contributed by atoms with Crippen LogP contribution in [0, 0.1) is 5.82 Å². The zero-order valence-corrected chi connectivity index (χ0v) is 9.46. The molecule has 1 saturated carbocycles. The van der Waals surface area contributed by atoms with Gasteiger partial charge in [0, 0.05) is 6.07 Å². The Morgan fingerprint density at radius 1 is 1.47 bits per heavy atom. The molecule has 0 heterocycles. The van der Waals surface area contributed by atoms with Gasteiger partial charge in [0.1, 0.15) is 5.54 Å². The van der Waals surface area contributed by atoms with Crippen molar-refractivity contribution >= 4 is 17.7 Å². The number of rotatable bonds is 2. The molecule has 2 N–H and O–H groups in total. The molecular formula is C11H9ClFNO3. The molecule has 6 heteroatoms. The minimum atomic E-state index is -1.14. The first-order chi connectivity index (χ1) is 8.02. The van der Waals surface area contributed by atoms with Gasteiger partial charge < -0.3 is 10.2 Å². The molecule has 0 aromatic heterocycles. The van der Waals surface area contributed by atoms with Gasteiger partial charge in [-0.25, -0.2) is 9.18 Å². The largest absolute Gasteiger partial charge is 0.504 e. The van der Waals surface area contributed by atoms with E-state index >= 15 is 0 Å². The lowest BCUT2D eigenvalue weighted by molar-refractivity contribution is 0.236. The van der Waals surface area contributed by atoms with Crippen LogP contribution in [0.1, 0.15) is 24.8 Å². The molecule has 0 atom stereocenters. The number of aromatic hydroxyl groups is 2. The van der Waals surface area contributed by atoms with Crippen LogP contribution < -0.4 is 0 Å². The fraction of sp³-hybridized carbons (Fsp3) is 0.364. The molecule has 1 aromatic carbocycles. The first kappa shape index (κ1) is 11.9. The highest BCUT2D eigenvalue weighted by Gasteiger charge is 2.44. The number of phenols is 2. The second-order valence-electron chi connectivity index (χ2n) is 4.00. The van der Waals surface area contributed by atoms with Crippen LogP contribution in [-0.2, 0) is 10.3 Å². The van der Waals surface area contributed by atoms with E-state index in [9.17, 15) is 19.4 Å². The molecule has 1 aromatic rings. The van der Waals surface area contributed by atoms with Gasteiger partial charge in [-0.1, -0.05) is 11.6 Å². The number of carbonyl (C=O) groups excluding carboxylic acids is 1. The molecule has 0 amide bonds. The van der Waals surface area contributed by atoms with Crippen LogP contribution in [0.25, 0.3) is 0 Å². The van der Waals surface area contributed by atoms with Gasteiger partial charge in [0.15, 0.2) is 17.3 Å². The lowest BCUT2D eigenvalue weighted by Crippen LogP contribution is -2.33. The van der Waals surface area contributed by atoms with Crippen molar-refractivity contribution in [1.29, 1.82) is 0 Å². The standard InChI is InChI=1S/C11H9ClFNO3/c12-6-4-7(16)10(17)8(9(6)13)11(14-5-15)2-1-3-11/h4,16-17H,1-3H2. The van der Waals surface area contributed by atoms with E-state index in [0.717, 1.165) is 12.5 Å². The van der Waals surface area contributed by atoms with Crippen LogP contribution in [0.4, 0.5) is 4.39 Å². The number of nitrogens with zero attached hydrogens (tertiary/aromatic N) is 1. The number of benzene rings is 1. The second-order valence-corrected chi connectivity index (χ2v) is 4.41. The smallest absolute Gasteiger partial charge is 0.235 e. The van der Waals surface area contributed by atoms with Crippen molar-refractivity contribution in [2.75, 3.05) is 0 Å². The molecule has 0 spiro atoms. The highest BCUT2D eigenvalue weighted by Crippen LogP contribution is 2.52. The summed E-state index contributed by atoms with van der Waals surface area (Å²) in [4.78, 5) is 13.9. The van der Waals surface area contributed by atoms with Crippen molar-refractivity contribution in [1.82, 2.24) is 0 Å². The zero-order valence-electron chi connectivity index (χ0n) is 8.70. The van der Waals surface area contributed by atoms with Crippen molar-refractivity contribution in [3.8, 4) is 11.5 Å². The summed E-state index contributed by atoms with van der Waals surface area (Å²) in [5.41, 5.74) is -1.37. The molecule has 0 unspecified atom stereocenters. The maximum absolute atomic E-state index is 13.9. The molecule has 0 saturated heterocycles. The van der Waals surface area contributed by atoms with E-state index in [1.807, 2.05) is 0 Å². The highest BCUT2D eigenvalue weighted by atomic mass is 35.5. The molecule has 0 aliphatic heterocycles. The average Bonchev–Trinajstić information content (AvgIpc) is 2.23. The fourth-order valence-corrected chi connectivity index (χ4v) is 2.24. The second kappa shape index (κ2) is 4.02. The Kier molecular flexibility index (Phi) is 2.81. The Morgan fingerprint density at radius 3 is 2.59 bits per heavy atom. The molecule has 90 valence electrons. The van der Waals surface area contributed by atoms with Crippen LogP contribution >= 0.6 is 11.6 Å². The van der Waals surface area contributed by atoms with Crippen molar-refractivity contribution in [3.63, 3.8) is 0 Å². The number of hydrogen-bond donors (Lipinski definition) is 2. The lowest BCUT2D eigenvalue weighted by Gasteiger charge is -2.37.